The number of thioether (sulfide) groups is 1. The van der Waals surface area contributed by atoms with Crippen molar-refractivity contribution >= 4 is 28.5 Å². The predicted molar refractivity (Wildman–Crippen MR) is 132 cm³/mol. The van der Waals surface area contributed by atoms with Crippen molar-refractivity contribution < 1.29 is 23.8 Å². The van der Waals surface area contributed by atoms with Crippen LogP contribution in [0.5, 0.6) is 11.5 Å². The van der Waals surface area contributed by atoms with E-state index in [4.69, 9.17) is 19.9 Å². The Balaban J connectivity index is 1.91. The zero-order valence-corrected chi connectivity index (χ0v) is 20.2. The van der Waals surface area contributed by atoms with Gasteiger partial charge in [0, 0.05) is 11.0 Å². The second kappa shape index (κ2) is 9.99. The maximum Gasteiger partial charge on any atom is 0.337 e. The lowest BCUT2D eigenvalue weighted by atomic mass is 9.83. The van der Waals surface area contributed by atoms with Gasteiger partial charge < -0.3 is 19.9 Å². The minimum atomic E-state index is -0.813. The van der Waals surface area contributed by atoms with Crippen molar-refractivity contribution in [2.75, 3.05) is 20.8 Å². The first-order valence-corrected chi connectivity index (χ1v) is 11.6. The van der Waals surface area contributed by atoms with E-state index in [0.717, 1.165) is 5.56 Å². The summed E-state index contributed by atoms with van der Waals surface area (Å²) in [6.07, 6.45) is 1.44. The van der Waals surface area contributed by atoms with Crippen LogP contribution in [0.3, 0.4) is 0 Å². The van der Waals surface area contributed by atoms with Gasteiger partial charge in [-0.25, -0.2) is 4.79 Å². The van der Waals surface area contributed by atoms with Crippen LogP contribution in [0.1, 0.15) is 24.0 Å². The lowest BCUT2D eigenvalue weighted by molar-refractivity contribution is -0.138. The molecule has 1 amide bonds. The second-order valence-electron chi connectivity index (χ2n) is 7.57. The van der Waals surface area contributed by atoms with E-state index in [1.165, 1.54) is 22.7 Å². The number of methoxy groups -OCH3 is 2. The van der Waals surface area contributed by atoms with Crippen molar-refractivity contribution in [1.82, 2.24) is 4.90 Å². The first-order chi connectivity index (χ1) is 16.9. The number of carbonyl (C=O) groups is 2. The first-order valence-electron chi connectivity index (χ1n) is 10.8. The van der Waals surface area contributed by atoms with Gasteiger partial charge in [0.05, 0.1) is 44.0 Å². The van der Waals surface area contributed by atoms with Gasteiger partial charge in [0.25, 0.3) is 5.91 Å². The average Bonchev–Trinajstić information content (AvgIpc) is 2.88. The number of nitriles is 1. The van der Waals surface area contributed by atoms with Crippen molar-refractivity contribution in [3.8, 4) is 17.6 Å². The lowest BCUT2D eigenvalue weighted by Crippen LogP contribution is -2.40. The zero-order valence-electron chi connectivity index (χ0n) is 19.4. The van der Waals surface area contributed by atoms with Crippen LogP contribution in [0.15, 0.2) is 76.6 Å². The Hall–Kier alpha value is -4.16. The third-order valence-corrected chi connectivity index (χ3v) is 6.82. The van der Waals surface area contributed by atoms with Gasteiger partial charge in [-0.05, 0) is 42.3 Å². The van der Waals surface area contributed by atoms with Crippen molar-refractivity contribution in [2.45, 2.75) is 12.8 Å². The Labute approximate surface area is 207 Å². The van der Waals surface area contributed by atoms with Crippen LogP contribution in [0.4, 0.5) is 0 Å². The zero-order chi connectivity index (χ0) is 25.1. The van der Waals surface area contributed by atoms with Crippen molar-refractivity contribution in [3.05, 3.63) is 87.7 Å². The molecule has 0 bridgehead atoms. The number of nitrogens with two attached hydrogens (primary N) is 1. The van der Waals surface area contributed by atoms with E-state index in [9.17, 15) is 14.9 Å². The molecule has 0 aliphatic carbocycles. The van der Waals surface area contributed by atoms with Crippen LogP contribution in [0.25, 0.3) is 4.91 Å². The highest BCUT2D eigenvalue weighted by atomic mass is 32.2. The van der Waals surface area contributed by atoms with E-state index in [1.54, 1.807) is 57.5 Å². The highest BCUT2D eigenvalue weighted by Gasteiger charge is 2.43. The number of fused-ring (bicyclic) bond motifs is 1. The quantitative estimate of drug-likeness (QED) is 0.608. The number of carbonyl (C=O) groups excluding carboxylic acids is 2. The summed E-state index contributed by atoms with van der Waals surface area (Å²) in [5.41, 5.74) is 8.06. The number of ether oxygens (including phenoxy) is 3. The summed E-state index contributed by atoms with van der Waals surface area (Å²) in [5.74, 6) is -0.600. The van der Waals surface area contributed by atoms with Crippen molar-refractivity contribution in [2.24, 2.45) is 5.73 Å². The van der Waals surface area contributed by atoms with E-state index < -0.39 is 17.8 Å². The number of hydrogen-bond acceptors (Lipinski definition) is 8. The highest BCUT2D eigenvalue weighted by molar-refractivity contribution is 8.11. The molecule has 1 atom stereocenters. The molecule has 2 aliphatic heterocycles. The largest absolute Gasteiger partial charge is 0.497 e. The molecule has 2 heterocycles. The number of nitrogens with zero attached hydrogens (tertiary/aromatic N) is 2. The van der Waals surface area contributed by atoms with Gasteiger partial charge in [-0.15, -0.1) is 0 Å². The molecular weight excluding hydrogens is 466 g/mol. The van der Waals surface area contributed by atoms with Crippen LogP contribution in [-0.2, 0) is 14.3 Å². The standard InChI is InChI=1S/C26H23N3O5S/c1-4-34-26(31)23-22(16-7-11-18(33-3)12-8-16)19(14-27)24(28)29-21(30)13-20(35-25(23)29)15-5-9-17(32-2)10-6-15/h5-13,22H,4,28H2,1-3H3. The molecule has 0 saturated heterocycles. The van der Waals surface area contributed by atoms with E-state index in [1.807, 2.05) is 12.1 Å². The summed E-state index contributed by atoms with van der Waals surface area (Å²) < 4.78 is 15.8. The van der Waals surface area contributed by atoms with Crippen molar-refractivity contribution in [1.29, 1.82) is 5.26 Å². The summed E-state index contributed by atoms with van der Waals surface area (Å²) >= 11 is 1.23. The molecule has 178 valence electrons. The first kappa shape index (κ1) is 24.0. The minimum absolute atomic E-state index is 0.0149. The van der Waals surface area contributed by atoms with Gasteiger partial charge in [0.2, 0.25) is 0 Å². The van der Waals surface area contributed by atoms with E-state index in [0.29, 0.717) is 27.0 Å². The fourth-order valence-corrected chi connectivity index (χ4v) is 5.17. The summed E-state index contributed by atoms with van der Waals surface area (Å²) in [4.78, 5) is 28.4. The maximum atomic E-state index is 13.3. The van der Waals surface area contributed by atoms with Gasteiger partial charge >= 0.3 is 5.97 Å². The van der Waals surface area contributed by atoms with Crippen LogP contribution >= 0.6 is 11.8 Å². The summed E-state index contributed by atoms with van der Waals surface area (Å²) in [6, 6.07) is 16.3. The number of amides is 1. The molecule has 0 aromatic heterocycles. The van der Waals surface area contributed by atoms with Crippen molar-refractivity contribution in [3.63, 3.8) is 0 Å². The van der Waals surface area contributed by atoms with Gasteiger partial charge in [-0.1, -0.05) is 36.0 Å². The summed E-state index contributed by atoms with van der Waals surface area (Å²) in [7, 11) is 3.13. The molecule has 9 heteroatoms. The molecule has 2 N–H and O–H groups in total. The Bertz CT molecular complexity index is 1300. The van der Waals surface area contributed by atoms with E-state index in [-0.39, 0.29) is 23.6 Å². The van der Waals surface area contributed by atoms with Crippen LogP contribution in [-0.4, -0.2) is 37.6 Å². The highest BCUT2D eigenvalue weighted by Crippen LogP contribution is 2.50. The molecule has 2 aliphatic rings. The Morgan fingerprint density at radius 1 is 1.09 bits per heavy atom. The smallest absolute Gasteiger partial charge is 0.337 e. The predicted octanol–water partition coefficient (Wildman–Crippen LogP) is 3.89. The number of esters is 1. The topological polar surface area (TPSA) is 115 Å². The summed E-state index contributed by atoms with van der Waals surface area (Å²) in [6.45, 7) is 1.83. The Morgan fingerprint density at radius 2 is 1.69 bits per heavy atom. The number of allylic oxidation sites excluding steroid dienone is 1. The van der Waals surface area contributed by atoms with E-state index >= 15 is 0 Å². The monoisotopic (exact) mass is 489 g/mol. The molecule has 1 unspecified atom stereocenters. The molecular formula is C26H23N3O5S. The minimum Gasteiger partial charge on any atom is -0.497 e. The molecule has 0 saturated carbocycles. The maximum absolute atomic E-state index is 13.3. The molecule has 2 aromatic rings. The summed E-state index contributed by atoms with van der Waals surface area (Å²) in [5, 5.41) is 10.3. The van der Waals surface area contributed by atoms with Crippen LogP contribution in [0, 0.1) is 11.3 Å². The fraction of sp³-hybridized carbons (Fsp3) is 0.192. The number of hydrogen-bond donors (Lipinski definition) is 1. The second-order valence-corrected chi connectivity index (χ2v) is 8.60. The van der Waals surface area contributed by atoms with E-state index in [2.05, 4.69) is 6.07 Å². The van der Waals surface area contributed by atoms with Crippen LogP contribution < -0.4 is 15.2 Å². The van der Waals surface area contributed by atoms with Gasteiger partial charge in [0.1, 0.15) is 22.3 Å². The van der Waals surface area contributed by atoms with Gasteiger partial charge in [0.15, 0.2) is 0 Å². The molecule has 0 fully saturated rings. The number of benzene rings is 2. The van der Waals surface area contributed by atoms with Crippen LogP contribution in [0.2, 0.25) is 0 Å². The Morgan fingerprint density at radius 3 is 2.23 bits per heavy atom. The van der Waals surface area contributed by atoms with Gasteiger partial charge in [-0.3, -0.25) is 9.69 Å². The molecule has 0 radical (unpaired) electrons. The normalized spacial score (nSPS) is 17.4. The number of rotatable bonds is 6. The molecule has 35 heavy (non-hydrogen) atoms. The SMILES string of the molecule is CCOC(=O)C1=C2SC(c3ccc(OC)cc3)=CC(=O)N2C(N)=C(C#N)C1c1ccc(OC)cc1. The molecule has 0 spiro atoms. The Kier molecular flexibility index (Phi) is 6.85. The average molecular weight is 490 g/mol. The molecule has 8 nitrogen and oxygen atoms in total. The fourth-order valence-electron chi connectivity index (χ4n) is 3.96. The van der Waals surface area contributed by atoms with Gasteiger partial charge in [-0.2, -0.15) is 5.26 Å². The third-order valence-electron chi connectivity index (χ3n) is 5.65. The molecule has 4 rings (SSSR count). The molecule has 2 aromatic carbocycles. The third kappa shape index (κ3) is 4.36. The lowest BCUT2D eigenvalue weighted by Gasteiger charge is -2.37.